The van der Waals surface area contributed by atoms with Gasteiger partial charge in [0.25, 0.3) is 0 Å². The Morgan fingerprint density at radius 3 is 1.23 bits per heavy atom. The molecule has 0 aliphatic rings. The molecule has 0 amide bonds. The summed E-state index contributed by atoms with van der Waals surface area (Å²) < 4.78 is 10.6. The number of carbonyl (C=O) groups is 2. The predicted octanol–water partition coefficient (Wildman–Crippen LogP) is 11.5. The van der Waals surface area contributed by atoms with Crippen molar-refractivity contribution >= 4 is 11.9 Å². The maximum Gasteiger partial charge on any atom is 0.306 e. The summed E-state index contributed by atoms with van der Waals surface area (Å²) in [6, 6.07) is 0. The molecule has 0 saturated heterocycles. The lowest BCUT2D eigenvalue weighted by molar-refractivity contribution is -0.161. The largest absolute Gasteiger partial charge is 0.462 e. The summed E-state index contributed by atoms with van der Waals surface area (Å²) in [5.41, 5.74) is 0. The Kier molecular flexibility index (Phi) is 34.5. The standard InChI is InChI=1S/C39H72O5/c1-3-5-7-9-11-13-15-17-19-21-23-25-27-29-31-33-38(41)43-36-37(35-40)44-39(42)34-32-30-28-26-24-22-20-18-16-14-12-10-8-6-4-2/h13-16,37,40H,3-12,17-36H2,1-2H3. The Labute approximate surface area is 273 Å². The molecule has 0 aromatic heterocycles. The molecule has 5 nitrogen and oxygen atoms in total. The van der Waals surface area contributed by atoms with Gasteiger partial charge in [0, 0.05) is 12.8 Å². The van der Waals surface area contributed by atoms with Crippen molar-refractivity contribution in [3.05, 3.63) is 24.3 Å². The van der Waals surface area contributed by atoms with Crippen LogP contribution in [-0.4, -0.2) is 36.4 Å². The topological polar surface area (TPSA) is 72.8 Å². The van der Waals surface area contributed by atoms with Crippen molar-refractivity contribution in [2.45, 2.75) is 200 Å². The molecule has 258 valence electrons. The van der Waals surface area contributed by atoms with Crippen LogP contribution in [0.2, 0.25) is 0 Å². The number of aliphatic hydroxyl groups excluding tert-OH is 1. The fourth-order valence-electron chi connectivity index (χ4n) is 5.31. The molecule has 0 heterocycles. The quantitative estimate of drug-likeness (QED) is 0.0440. The molecule has 0 spiro atoms. The molecule has 1 atom stereocenters. The first-order valence-corrected chi connectivity index (χ1v) is 18.9. The maximum atomic E-state index is 12.1. The van der Waals surface area contributed by atoms with E-state index < -0.39 is 6.10 Å². The van der Waals surface area contributed by atoms with Gasteiger partial charge in [-0.1, -0.05) is 141 Å². The third kappa shape index (κ3) is 33.3. The van der Waals surface area contributed by atoms with E-state index in [0.29, 0.717) is 12.8 Å². The first kappa shape index (κ1) is 42.4. The molecule has 0 aliphatic carbocycles. The van der Waals surface area contributed by atoms with Crippen molar-refractivity contribution in [1.29, 1.82) is 0 Å². The molecule has 0 aliphatic heterocycles. The number of rotatable bonds is 34. The first-order valence-electron chi connectivity index (χ1n) is 18.9. The highest BCUT2D eigenvalue weighted by Gasteiger charge is 2.16. The molecular weight excluding hydrogens is 548 g/mol. The van der Waals surface area contributed by atoms with E-state index >= 15 is 0 Å². The third-order valence-electron chi connectivity index (χ3n) is 8.22. The highest BCUT2D eigenvalue weighted by atomic mass is 16.6. The summed E-state index contributed by atoms with van der Waals surface area (Å²) in [4.78, 5) is 24.2. The number of esters is 2. The van der Waals surface area contributed by atoms with Gasteiger partial charge in [-0.2, -0.15) is 0 Å². The average Bonchev–Trinajstić information content (AvgIpc) is 3.02. The van der Waals surface area contributed by atoms with E-state index in [9.17, 15) is 14.7 Å². The number of hydrogen-bond acceptors (Lipinski definition) is 5. The summed E-state index contributed by atoms with van der Waals surface area (Å²) in [5, 5.41) is 9.53. The van der Waals surface area contributed by atoms with Crippen LogP contribution in [0.25, 0.3) is 0 Å². The second kappa shape index (κ2) is 35.9. The van der Waals surface area contributed by atoms with Crippen LogP contribution < -0.4 is 0 Å². The third-order valence-corrected chi connectivity index (χ3v) is 8.22. The van der Waals surface area contributed by atoms with Crippen molar-refractivity contribution < 1.29 is 24.2 Å². The Morgan fingerprint density at radius 1 is 0.500 bits per heavy atom. The second-order valence-electron chi connectivity index (χ2n) is 12.6. The highest BCUT2D eigenvalue weighted by Crippen LogP contribution is 2.13. The molecule has 0 saturated carbocycles. The predicted molar refractivity (Wildman–Crippen MR) is 187 cm³/mol. The van der Waals surface area contributed by atoms with Crippen molar-refractivity contribution in [3.8, 4) is 0 Å². The van der Waals surface area contributed by atoms with Gasteiger partial charge in [0.2, 0.25) is 0 Å². The van der Waals surface area contributed by atoms with E-state index in [-0.39, 0.29) is 25.2 Å². The smallest absolute Gasteiger partial charge is 0.306 e. The maximum absolute atomic E-state index is 12.1. The molecule has 5 heteroatoms. The van der Waals surface area contributed by atoms with Crippen LogP contribution in [0, 0.1) is 0 Å². The molecule has 0 bridgehead atoms. The van der Waals surface area contributed by atoms with Crippen molar-refractivity contribution in [2.75, 3.05) is 13.2 Å². The van der Waals surface area contributed by atoms with Gasteiger partial charge in [-0.25, -0.2) is 0 Å². The lowest BCUT2D eigenvalue weighted by Gasteiger charge is -2.15. The van der Waals surface area contributed by atoms with Crippen LogP contribution in [-0.2, 0) is 19.1 Å². The van der Waals surface area contributed by atoms with Crippen molar-refractivity contribution in [3.63, 3.8) is 0 Å². The van der Waals surface area contributed by atoms with Gasteiger partial charge in [-0.3, -0.25) is 9.59 Å². The van der Waals surface area contributed by atoms with Crippen LogP contribution in [0.15, 0.2) is 24.3 Å². The monoisotopic (exact) mass is 621 g/mol. The van der Waals surface area contributed by atoms with Gasteiger partial charge in [-0.15, -0.1) is 0 Å². The Morgan fingerprint density at radius 2 is 0.841 bits per heavy atom. The summed E-state index contributed by atoms with van der Waals surface area (Å²) in [6.07, 6.45) is 40.9. The average molecular weight is 621 g/mol. The van der Waals surface area contributed by atoms with Crippen LogP contribution in [0.4, 0.5) is 0 Å². The number of unbranched alkanes of at least 4 members (excludes halogenated alkanes) is 22. The van der Waals surface area contributed by atoms with Crippen LogP contribution in [0.3, 0.4) is 0 Å². The first-order chi connectivity index (χ1) is 21.6. The molecule has 0 aromatic carbocycles. The number of hydrogen-bond donors (Lipinski definition) is 1. The Bertz CT molecular complexity index is 671. The zero-order chi connectivity index (χ0) is 32.2. The van der Waals surface area contributed by atoms with Gasteiger partial charge in [0.1, 0.15) is 6.61 Å². The summed E-state index contributed by atoms with van der Waals surface area (Å²) >= 11 is 0. The zero-order valence-corrected chi connectivity index (χ0v) is 29.2. The van der Waals surface area contributed by atoms with E-state index in [1.54, 1.807) is 0 Å². The molecule has 1 unspecified atom stereocenters. The van der Waals surface area contributed by atoms with Crippen molar-refractivity contribution in [1.82, 2.24) is 0 Å². The van der Waals surface area contributed by atoms with E-state index in [2.05, 4.69) is 38.2 Å². The highest BCUT2D eigenvalue weighted by molar-refractivity contribution is 5.70. The molecular formula is C39H72O5. The van der Waals surface area contributed by atoms with Gasteiger partial charge < -0.3 is 14.6 Å². The number of ether oxygens (including phenoxy) is 2. The fourth-order valence-corrected chi connectivity index (χ4v) is 5.31. The molecule has 0 radical (unpaired) electrons. The van der Waals surface area contributed by atoms with E-state index in [1.165, 1.54) is 128 Å². The van der Waals surface area contributed by atoms with Crippen LogP contribution in [0.1, 0.15) is 194 Å². The molecule has 0 rings (SSSR count). The normalized spacial score (nSPS) is 12.3. The second-order valence-corrected chi connectivity index (χ2v) is 12.6. The van der Waals surface area contributed by atoms with E-state index in [1.807, 2.05) is 0 Å². The lowest BCUT2D eigenvalue weighted by Crippen LogP contribution is -2.28. The number of aliphatic hydroxyl groups is 1. The van der Waals surface area contributed by atoms with Gasteiger partial charge in [0.15, 0.2) is 6.10 Å². The molecule has 0 fully saturated rings. The van der Waals surface area contributed by atoms with Gasteiger partial charge in [0.05, 0.1) is 6.61 Å². The van der Waals surface area contributed by atoms with Gasteiger partial charge in [-0.05, 0) is 64.2 Å². The van der Waals surface area contributed by atoms with Gasteiger partial charge >= 0.3 is 11.9 Å². The van der Waals surface area contributed by atoms with Crippen LogP contribution in [0.5, 0.6) is 0 Å². The zero-order valence-electron chi connectivity index (χ0n) is 29.2. The SMILES string of the molecule is CCCCCCC=CCCCCCCCCCC(=O)OCC(CO)OC(=O)CCCCCCCCCC=CCCCCCC. The van der Waals surface area contributed by atoms with Crippen LogP contribution >= 0.6 is 0 Å². The van der Waals surface area contributed by atoms with E-state index in [4.69, 9.17) is 9.47 Å². The molecule has 1 N–H and O–H groups in total. The lowest BCUT2D eigenvalue weighted by atomic mass is 10.1. The molecule has 0 aromatic rings. The fraction of sp³-hybridized carbons (Fsp3) is 0.846. The molecule has 44 heavy (non-hydrogen) atoms. The Hall–Kier alpha value is -1.62. The summed E-state index contributed by atoms with van der Waals surface area (Å²) in [6.45, 7) is 4.10. The van der Waals surface area contributed by atoms with E-state index in [0.717, 1.165) is 38.5 Å². The number of carbonyl (C=O) groups excluding carboxylic acids is 2. The summed E-state index contributed by atoms with van der Waals surface area (Å²) in [5.74, 6) is -0.598. The minimum atomic E-state index is -0.771. The van der Waals surface area contributed by atoms with Crippen molar-refractivity contribution in [2.24, 2.45) is 0 Å². The number of allylic oxidation sites excluding steroid dienone is 4. The Balaban J connectivity index is 3.56. The minimum Gasteiger partial charge on any atom is -0.462 e. The minimum absolute atomic E-state index is 0.0672. The summed E-state index contributed by atoms with van der Waals surface area (Å²) in [7, 11) is 0.